The third-order valence-corrected chi connectivity index (χ3v) is 2.34. The standard InChI is InChI=1S/C11H6ClN3O2/c12-7-1-3-8(4-2-7)17-11-13-5-9-10(15-11)16-6-14-9/h1-6H. The van der Waals surface area contributed by atoms with Gasteiger partial charge in [0.05, 0.1) is 6.20 Å². The van der Waals surface area contributed by atoms with Gasteiger partial charge < -0.3 is 9.15 Å². The maximum atomic E-state index is 5.77. The summed E-state index contributed by atoms with van der Waals surface area (Å²) in [5, 5.41) is 0.643. The van der Waals surface area contributed by atoms with Crippen molar-refractivity contribution in [2.75, 3.05) is 0 Å². The van der Waals surface area contributed by atoms with E-state index in [1.807, 2.05) is 0 Å². The highest BCUT2D eigenvalue weighted by Gasteiger charge is 2.05. The first-order valence-electron chi connectivity index (χ1n) is 4.81. The predicted octanol–water partition coefficient (Wildman–Crippen LogP) is 3.06. The molecule has 0 aliphatic rings. The van der Waals surface area contributed by atoms with Crippen molar-refractivity contribution in [3.63, 3.8) is 0 Å². The van der Waals surface area contributed by atoms with E-state index in [9.17, 15) is 0 Å². The SMILES string of the molecule is Clc1ccc(Oc2ncc3ncoc3n2)cc1. The van der Waals surface area contributed by atoms with Crippen LogP contribution in [0.3, 0.4) is 0 Å². The van der Waals surface area contributed by atoms with Crippen molar-refractivity contribution in [3.05, 3.63) is 41.9 Å². The number of fused-ring (bicyclic) bond motifs is 1. The van der Waals surface area contributed by atoms with Gasteiger partial charge in [-0.15, -0.1) is 0 Å². The van der Waals surface area contributed by atoms with E-state index >= 15 is 0 Å². The lowest BCUT2D eigenvalue weighted by atomic mass is 10.3. The largest absolute Gasteiger partial charge is 0.425 e. The minimum absolute atomic E-state index is 0.205. The fraction of sp³-hybridized carbons (Fsp3) is 0. The van der Waals surface area contributed by atoms with Crippen LogP contribution >= 0.6 is 11.6 Å². The van der Waals surface area contributed by atoms with Gasteiger partial charge in [-0.05, 0) is 24.3 Å². The molecule has 2 aromatic heterocycles. The van der Waals surface area contributed by atoms with Gasteiger partial charge >= 0.3 is 6.01 Å². The Hall–Kier alpha value is -2.14. The highest BCUT2D eigenvalue weighted by Crippen LogP contribution is 2.21. The zero-order valence-corrected chi connectivity index (χ0v) is 9.26. The van der Waals surface area contributed by atoms with E-state index < -0.39 is 0 Å². The summed E-state index contributed by atoms with van der Waals surface area (Å²) in [6.07, 6.45) is 2.85. The molecule has 6 heteroatoms. The number of hydrogen-bond acceptors (Lipinski definition) is 5. The van der Waals surface area contributed by atoms with Crippen LogP contribution < -0.4 is 4.74 Å². The van der Waals surface area contributed by atoms with Crippen LogP contribution in [0, 0.1) is 0 Å². The van der Waals surface area contributed by atoms with Crippen LogP contribution in [0.2, 0.25) is 5.02 Å². The molecule has 0 atom stereocenters. The van der Waals surface area contributed by atoms with Gasteiger partial charge in [-0.3, -0.25) is 0 Å². The van der Waals surface area contributed by atoms with E-state index in [0.29, 0.717) is 22.0 Å². The molecule has 2 heterocycles. The second-order valence-electron chi connectivity index (χ2n) is 3.25. The zero-order chi connectivity index (χ0) is 11.7. The summed E-state index contributed by atoms with van der Waals surface area (Å²) < 4.78 is 10.5. The van der Waals surface area contributed by atoms with E-state index in [1.165, 1.54) is 12.6 Å². The number of benzene rings is 1. The van der Waals surface area contributed by atoms with Gasteiger partial charge in [0.15, 0.2) is 6.39 Å². The molecule has 3 rings (SSSR count). The van der Waals surface area contributed by atoms with Crippen molar-refractivity contribution in [2.24, 2.45) is 0 Å². The zero-order valence-electron chi connectivity index (χ0n) is 8.50. The van der Waals surface area contributed by atoms with Crippen LogP contribution in [0.25, 0.3) is 11.2 Å². The molecule has 0 saturated heterocycles. The Morgan fingerprint density at radius 3 is 2.76 bits per heavy atom. The molecule has 84 valence electrons. The summed E-state index contributed by atoms with van der Waals surface area (Å²) in [5.74, 6) is 0.605. The number of hydrogen-bond donors (Lipinski definition) is 0. The third-order valence-electron chi connectivity index (χ3n) is 2.09. The molecule has 0 aliphatic heterocycles. The molecule has 0 saturated carbocycles. The molecule has 0 spiro atoms. The van der Waals surface area contributed by atoms with Gasteiger partial charge in [0.1, 0.15) is 11.3 Å². The Morgan fingerprint density at radius 2 is 1.94 bits per heavy atom. The first-order valence-corrected chi connectivity index (χ1v) is 5.19. The first kappa shape index (κ1) is 10.0. The van der Waals surface area contributed by atoms with Gasteiger partial charge in [0.25, 0.3) is 5.71 Å². The van der Waals surface area contributed by atoms with Crippen molar-refractivity contribution < 1.29 is 9.15 Å². The fourth-order valence-electron chi connectivity index (χ4n) is 1.31. The maximum Gasteiger partial charge on any atom is 0.325 e. The van der Waals surface area contributed by atoms with Gasteiger partial charge in [0.2, 0.25) is 0 Å². The van der Waals surface area contributed by atoms with Gasteiger partial charge in [-0.1, -0.05) is 11.6 Å². The molecule has 3 aromatic rings. The molecule has 0 bridgehead atoms. The number of nitrogens with zero attached hydrogens (tertiary/aromatic N) is 3. The lowest BCUT2D eigenvalue weighted by Crippen LogP contribution is -1.91. The number of ether oxygens (including phenoxy) is 1. The predicted molar refractivity (Wildman–Crippen MR) is 61.1 cm³/mol. The van der Waals surface area contributed by atoms with Gasteiger partial charge in [0, 0.05) is 5.02 Å². The van der Waals surface area contributed by atoms with Crippen molar-refractivity contribution in [2.45, 2.75) is 0 Å². The Kier molecular flexibility index (Phi) is 2.38. The van der Waals surface area contributed by atoms with Crippen molar-refractivity contribution in [1.82, 2.24) is 15.0 Å². The molecule has 0 fully saturated rings. The molecule has 0 unspecified atom stereocenters. The summed E-state index contributed by atoms with van der Waals surface area (Å²) >= 11 is 5.77. The van der Waals surface area contributed by atoms with Crippen LogP contribution in [-0.4, -0.2) is 15.0 Å². The van der Waals surface area contributed by atoms with E-state index in [1.54, 1.807) is 24.3 Å². The van der Waals surface area contributed by atoms with Crippen LogP contribution in [-0.2, 0) is 0 Å². The number of oxazole rings is 1. The summed E-state index contributed by atoms with van der Waals surface area (Å²) in [7, 11) is 0. The topological polar surface area (TPSA) is 61.0 Å². The minimum Gasteiger partial charge on any atom is -0.425 e. The van der Waals surface area contributed by atoms with Crippen molar-refractivity contribution in [3.8, 4) is 11.8 Å². The Morgan fingerprint density at radius 1 is 1.12 bits per heavy atom. The Bertz CT molecular complexity index is 651. The molecule has 0 aliphatic carbocycles. The average molecular weight is 248 g/mol. The highest BCUT2D eigenvalue weighted by molar-refractivity contribution is 6.30. The molecule has 1 aromatic carbocycles. The van der Waals surface area contributed by atoms with Crippen LogP contribution in [0.1, 0.15) is 0 Å². The maximum absolute atomic E-state index is 5.77. The fourth-order valence-corrected chi connectivity index (χ4v) is 1.44. The number of halogens is 1. The van der Waals surface area contributed by atoms with Crippen molar-refractivity contribution in [1.29, 1.82) is 0 Å². The molecule has 0 N–H and O–H groups in total. The van der Waals surface area contributed by atoms with E-state index in [2.05, 4.69) is 15.0 Å². The first-order chi connectivity index (χ1) is 8.31. The summed E-state index contributed by atoms with van der Waals surface area (Å²) in [5.41, 5.74) is 0.984. The van der Waals surface area contributed by atoms with E-state index in [4.69, 9.17) is 20.8 Å². The van der Waals surface area contributed by atoms with E-state index in [-0.39, 0.29) is 6.01 Å². The Balaban J connectivity index is 1.91. The van der Waals surface area contributed by atoms with Crippen LogP contribution in [0.15, 0.2) is 41.3 Å². The number of rotatable bonds is 2. The average Bonchev–Trinajstić information content (AvgIpc) is 2.79. The number of aromatic nitrogens is 3. The molecule has 5 nitrogen and oxygen atoms in total. The smallest absolute Gasteiger partial charge is 0.325 e. The highest BCUT2D eigenvalue weighted by atomic mass is 35.5. The quantitative estimate of drug-likeness (QED) is 0.696. The van der Waals surface area contributed by atoms with Gasteiger partial charge in [-0.25, -0.2) is 9.97 Å². The van der Waals surface area contributed by atoms with Gasteiger partial charge in [-0.2, -0.15) is 4.98 Å². The second-order valence-corrected chi connectivity index (χ2v) is 3.69. The summed E-state index contributed by atoms with van der Waals surface area (Å²) in [6.45, 7) is 0. The summed E-state index contributed by atoms with van der Waals surface area (Å²) in [4.78, 5) is 12.0. The lowest BCUT2D eigenvalue weighted by Gasteiger charge is -2.02. The normalized spacial score (nSPS) is 10.6. The summed E-state index contributed by atoms with van der Waals surface area (Å²) in [6, 6.07) is 7.12. The molecule has 0 radical (unpaired) electrons. The lowest BCUT2D eigenvalue weighted by molar-refractivity contribution is 0.440. The third kappa shape index (κ3) is 2.05. The Labute approximate surface area is 101 Å². The monoisotopic (exact) mass is 247 g/mol. The van der Waals surface area contributed by atoms with Crippen LogP contribution in [0.4, 0.5) is 0 Å². The molecule has 17 heavy (non-hydrogen) atoms. The molecular formula is C11H6ClN3O2. The minimum atomic E-state index is 0.205. The van der Waals surface area contributed by atoms with Crippen molar-refractivity contribution >= 4 is 22.8 Å². The molecular weight excluding hydrogens is 242 g/mol. The van der Waals surface area contributed by atoms with Crippen LogP contribution in [0.5, 0.6) is 11.8 Å². The van der Waals surface area contributed by atoms with E-state index in [0.717, 1.165) is 0 Å². The second kappa shape index (κ2) is 4.03. The molecule has 0 amide bonds.